The van der Waals surface area contributed by atoms with Crippen molar-refractivity contribution >= 4 is 45.4 Å². The van der Waals surface area contributed by atoms with Crippen molar-refractivity contribution in [3.8, 4) is 11.5 Å². The third kappa shape index (κ3) is 2.95. The van der Waals surface area contributed by atoms with Gasteiger partial charge in [0.2, 0.25) is 5.89 Å². The van der Waals surface area contributed by atoms with Crippen LogP contribution in [-0.2, 0) is 0 Å². The van der Waals surface area contributed by atoms with Gasteiger partial charge in [-0.3, -0.25) is 0 Å². The normalized spacial score (nSPS) is 14.7. The van der Waals surface area contributed by atoms with E-state index in [0.717, 1.165) is 17.5 Å². The molecule has 0 N–H and O–H groups in total. The first-order chi connectivity index (χ1) is 11.7. The Balaban J connectivity index is 1.71. The van der Waals surface area contributed by atoms with E-state index in [0.29, 0.717) is 46.2 Å². The van der Waals surface area contributed by atoms with Gasteiger partial charge in [0.15, 0.2) is 17.1 Å². The number of halogens is 2. The number of nitrogens with zero attached hydrogens (tertiary/aromatic N) is 1. The summed E-state index contributed by atoms with van der Waals surface area (Å²) in [5, 5.41) is 0.874. The summed E-state index contributed by atoms with van der Waals surface area (Å²) in [5.74, 6) is 1.55. The number of rotatable bonds is 2. The van der Waals surface area contributed by atoms with Crippen molar-refractivity contribution in [1.82, 2.24) is 4.98 Å². The zero-order chi connectivity index (χ0) is 16.5. The number of hydrogen-bond acceptors (Lipinski definition) is 4. The van der Waals surface area contributed by atoms with Crippen LogP contribution in [0.4, 0.5) is 0 Å². The zero-order valence-corrected chi connectivity index (χ0v) is 14.1. The van der Waals surface area contributed by atoms with Crippen molar-refractivity contribution in [2.45, 2.75) is 6.42 Å². The highest BCUT2D eigenvalue weighted by Gasteiger charge is 2.16. The lowest BCUT2D eigenvalue weighted by Gasteiger charge is -2.10. The van der Waals surface area contributed by atoms with Gasteiger partial charge in [-0.25, -0.2) is 4.98 Å². The highest BCUT2D eigenvalue weighted by atomic mass is 35.5. The van der Waals surface area contributed by atoms with E-state index in [4.69, 9.17) is 37.1 Å². The molecule has 4 rings (SSSR count). The fourth-order valence-corrected chi connectivity index (χ4v) is 3.00. The Morgan fingerprint density at radius 1 is 1.12 bits per heavy atom. The minimum atomic E-state index is 0.362. The van der Waals surface area contributed by atoms with Crippen LogP contribution in [0.3, 0.4) is 0 Å². The summed E-state index contributed by atoms with van der Waals surface area (Å²) >= 11 is 12.7. The molecular weight excluding hydrogens is 349 g/mol. The molecule has 0 saturated heterocycles. The fourth-order valence-electron chi connectivity index (χ4n) is 2.52. The van der Waals surface area contributed by atoms with Gasteiger partial charge in [-0.2, -0.15) is 0 Å². The average molecular weight is 362 g/mol. The van der Waals surface area contributed by atoms with Crippen molar-refractivity contribution in [2.75, 3.05) is 13.2 Å². The molecule has 2 aromatic carbocycles. The Bertz CT molecular complexity index is 900. The number of hydrogen-bond donors (Lipinski definition) is 0. The van der Waals surface area contributed by atoms with Crippen LogP contribution >= 0.6 is 23.2 Å². The minimum absolute atomic E-state index is 0.362. The number of oxazole rings is 1. The molecule has 3 aromatic rings. The van der Waals surface area contributed by atoms with E-state index >= 15 is 0 Å². The van der Waals surface area contributed by atoms with Crippen LogP contribution in [0.1, 0.15) is 17.9 Å². The largest absolute Gasteiger partial charge is 0.489 e. The molecule has 0 atom stereocenters. The monoisotopic (exact) mass is 361 g/mol. The molecule has 0 spiro atoms. The SMILES string of the molecule is Cl/C(=C\c1cc(Cl)c2c(c1)OCCCO2)c1nc2ccccc2o1. The highest BCUT2D eigenvalue weighted by molar-refractivity contribution is 6.50. The molecule has 1 aliphatic heterocycles. The van der Waals surface area contributed by atoms with Crippen molar-refractivity contribution in [2.24, 2.45) is 0 Å². The molecule has 4 nitrogen and oxygen atoms in total. The summed E-state index contributed by atoms with van der Waals surface area (Å²) in [6.07, 6.45) is 2.56. The van der Waals surface area contributed by atoms with Crippen molar-refractivity contribution in [3.63, 3.8) is 0 Å². The van der Waals surface area contributed by atoms with Crippen molar-refractivity contribution in [3.05, 3.63) is 52.9 Å². The number of ether oxygens (including phenoxy) is 2. The lowest BCUT2D eigenvalue weighted by Crippen LogP contribution is -1.97. The van der Waals surface area contributed by atoms with Crippen LogP contribution in [0.2, 0.25) is 5.02 Å². The van der Waals surface area contributed by atoms with Crippen molar-refractivity contribution in [1.29, 1.82) is 0 Å². The Kier molecular flexibility index (Phi) is 4.08. The molecule has 2 heterocycles. The molecule has 24 heavy (non-hydrogen) atoms. The third-order valence-electron chi connectivity index (χ3n) is 3.62. The number of para-hydroxylation sites is 2. The molecule has 0 radical (unpaired) electrons. The maximum absolute atomic E-state index is 6.37. The predicted octanol–water partition coefficient (Wildman–Crippen LogP) is 5.38. The molecular formula is C18H13Cl2NO3. The first-order valence-corrected chi connectivity index (χ1v) is 8.28. The van der Waals surface area contributed by atoms with Gasteiger partial charge >= 0.3 is 0 Å². The smallest absolute Gasteiger partial charge is 0.238 e. The molecule has 0 amide bonds. The summed E-state index contributed by atoms with van der Waals surface area (Å²) in [6.45, 7) is 1.18. The van der Waals surface area contributed by atoms with E-state index in [9.17, 15) is 0 Å². The molecule has 0 saturated carbocycles. The number of fused-ring (bicyclic) bond motifs is 2. The second-order valence-corrected chi connectivity index (χ2v) is 6.17. The van der Waals surface area contributed by atoms with Gasteiger partial charge in [0.25, 0.3) is 0 Å². The maximum Gasteiger partial charge on any atom is 0.238 e. The molecule has 0 unspecified atom stereocenters. The van der Waals surface area contributed by atoms with Gasteiger partial charge in [-0.1, -0.05) is 35.3 Å². The topological polar surface area (TPSA) is 44.5 Å². The van der Waals surface area contributed by atoms with Crippen LogP contribution in [0.5, 0.6) is 11.5 Å². The second-order valence-electron chi connectivity index (χ2n) is 5.36. The summed E-state index contributed by atoms with van der Waals surface area (Å²) < 4.78 is 17.0. The van der Waals surface area contributed by atoms with Crippen LogP contribution < -0.4 is 9.47 Å². The van der Waals surface area contributed by atoms with Gasteiger partial charge in [0, 0.05) is 6.42 Å². The lowest BCUT2D eigenvalue weighted by atomic mass is 10.2. The molecule has 0 bridgehead atoms. The average Bonchev–Trinajstić information content (AvgIpc) is 2.86. The van der Waals surface area contributed by atoms with E-state index in [1.165, 1.54) is 0 Å². The van der Waals surface area contributed by atoms with E-state index in [2.05, 4.69) is 4.98 Å². The van der Waals surface area contributed by atoms with Crippen LogP contribution in [-0.4, -0.2) is 18.2 Å². The summed E-state index contributed by atoms with van der Waals surface area (Å²) in [7, 11) is 0. The maximum atomic E-state index is 6.37. The Labute approximate surface area is 148 Å². The summed E-state index contributed by atoms with van der Waals surface area (Å²) in [5.41, 5.74) is 2.24. The molecule has 0 fully saturated rings. The first kappa shape index (κ1) is 15.4. The quantitative estimate of drug-likeness (QED) is 0.614. The minimum Gasteiger partial charge on any atom is -0.489 e. The van der Waals surface area contributed by atoms with E-state index < -0.39 is 0 Å². The van der Waals surface area contributed by atoms with Gasteiger partial charge in [0.05, 0.1) is 18.2 Å². The zero-order valence-electron chi connectivity index (χ0n) is 12.6. The van der Waals surface area contributed by atoms with Crippen LogP contribution in [0.15, 0.2) is 40.8 Å². The molecule has 0 aliphatic carbocycles. The summed E-state index contributed by atoms with van der Waals surface area (Å²) in [4.78, 5) is 4.38. The third-order valence-corrected chi connectivity index (χ3v) is 4.17. The summed E-state index contributed by atoms with van der Waals surface area (Å²) in [6, 6.07) is 11.1. The Morgan fingerprint density at radius 2 is 1.96 bits per heavy atom. The first-order valence-electron chi connectivity index (χ1n) is 7.53. The number of benzene rings is 2. The van der Waals surface area contributed by atoms with Gasteiger partial charge in [-0.05, 0) is 35.9 Å². The fraction of sp³-hybridized carbons (Fsp3) is 0.167. The highest BCUT2D eigenvalue weighted by Crippen LogP contribution is 2.39. The standard InChI is InChI=1S/C18H13Cl2NO3/c19-12-8-11(10-16-17(12)23-7-3-6-22-16)9-13(20)18-21-14-4-1-2-5-15(14)24-18/h1-2,4-5,8-10H,3,6-7H2/b13-9-. The molecule has 1 aliphatic rings. The second kappa shape index (κ2) is 6.38. The van der Waals surface area contributed by atoms with E-state index in [-0.39, 0.29) is 0 Å². The van der Waals surface area contributed by atoms with Crippen LogP contribution in [0.25, 0.3) is 22.2 Å². The molecule has 122 valence electrons. The Hall–Kier alpha value is -2.17. The van der Waals surface area contributed by atoms with Crippen LogP contribution in [0, 0.1) is 0 Å². The van der Waals surface area contributed by atoms with Gasteiger partial charge < -0.3 is 13.9 Å². The molecule has 1 aromatic heterocycles. The van der Waals surface area contributed by atoms with Crippen molar-refractivity contribution < 1.29 is 13.9 Å². The molecule has 6 heteroatoms. The predicted molar refractivity (Wildman–Crippen MR) is 94.8 cm³/mol. The lowest BCUT2D eigenvalue weighted by molar-refractivity contribution is 0.297. The van der Waals surface area contributed by atoms with E-state index in [1.54, 1.807) is 12.1 Å². The Morgan fingerprint density at radius 3 is 2.83 bits per heavy atom. The van der Waals surface area contributed by atoms with Gasteiger partial charge in [0.1, 0.15) is 10.5 Å². The number of aromatic nitrogens is 1. The van der Waals surface area contributed by atoms with Gasteiger partial charge in [-0.15, -0.1) is 0 Å². The van der Waals surface area contributed by atoms with E-state index in [1.807, 2.05) is 30.3 Å².